The number of rotatable bonds is 4. The summed E-state index contributed by atoms with van der Waals surface area (Å²) in [5.74, 6) is 1.72. The van der Waals surface area contributed by atoms with E-state index in [0.29, 0.717) is 30.1 Å². The number of piperazine rings is 1. The summed E-state index contributed by atoms with van der Waals surface area (Å²) in [5, 5.41) is 2.40. The first-order valence-electron chi connectivity index (χ1n) is 12.4. The number of imidazole rings is 1. The van der Waals surface area contributed by atoms with Crippen molar-refractivity contribution in [1.82, 2.24) is 29.7 Å². The smallest absolute Gasteiger partial charge is 0.282 e. The summed E-state index contributed by atoms with van der Waals surface area (Å²) in [6.07, 6.45) is 7.96. The fourth-order valence-electron chi connectivity index (χ4n) is 5.52. The van der Waals surface area contributed by atoms with Gasteiger partial charge in [0, 0.05) is 68.4 Å². The minimum atomic E-state index is 0.0286. The molecule has 0 bridgehead atoms. The second kappa shape index (κ2) is 9.11. The number of aromatic nitrogens is 3. The van der Waals surface area contributed by atoms with Crippen LogP contribution in [0.5, 0.6) is 0 Å². The van der Waals surface area contributed by atoms with E-state index in [1.807, 2.05) is 33.4 Å². The summed E-state index contributed by atoms with van der Waals surface area (Å²) in [7, 11) is 0. The highest BCUT2D eigenvalue weighted by Crippen LogP contribution is 2.32. The van der Waals surface area contributed by atoms with E-state index in [-0.39, 0.29) is 11.8 Å². The molecule has 1 N–H and O–H groups in total. The van der Waals surface area contributed by atoms with Crippen LogP contribution in [0.1, 0.15) is 64.0 Å². The Hall–Kier alpha value is -2.78. The third kappa shape index (κ3) is 4.11. The van der Waals surface area contributed by atoms with Crippen LogP contribution in [0, 0.1) is 0 Å². The number of amides is 2. The Morgan fingerprint density at radius 1 is 0.971 bits per heavy atom. The van der Waals surface area contributed by atoms with Crippen LogP contribution in [0.25, 0.3) is 11.0 Å². The molecular weight excluding hydrogens is 448 g/mol. The van der Waals surface area contributed by atoms with Crippen molar-refractivity contribution in [3.05, 3.63) is 46.2 Å². The Morgan fingerprint density at radius 3 is 2.50 bits per heavy atom. The number of nitrogens with one attached hydrogen (secondary N) is 1. The first-order valence-corrected chi connectivity index (χ1v) is 13.3. The van der Waals surface area contributed by atoms with Crippen molar-refractivity contribution in [2.75, 3.05) is 39.3 Å². The Morgan fingerprint density at radius 2 is 1.76 bits per heavy atom. The van der Waals surface area contributed by atoms with E-state index in [2.05, 4.69) is 14.9 Å². The van der Waals surface area contributed by atoms with Gasteiger partial charge >= 0.3 is 0 Å². The zero-order valence-electron chi connectivity index (χ0n) is 19.3. The number of fused-ring (bicyclic) bond motifs is 1. The molecule has 2 aliphatic heterocycles. The van der Waals surface area contributed by atoms with Crippen LogP contribution in [0.4, 0.5) is 0 Å². The van der Waals surface area contributed by atoms with Crippen LogP contribution in [0.15, 0.2) is 29.8 Å². The van der Waals surface area contributed by atoms with E-state index in [1.54, 1.807) is 6.20 Å². The first-order chi connectivity index (χ1) is 16.7. The fourth-order valence-corrected chi connectivity index (χ4v) is 6.12. The lowest BCUT2D eigenvalue weighted by atomic mass is 9.89. The molecule has 0 unspecified atom stereocenters. The van der Waals surface area contributed by atoms with Crippen molar-refractivity contribution in [3.8, 4) is 0 Å². The molecule has 178 valence electrons. The van der Waals surface area contributed by atoms with Crippen LogP contribution >= 0.6 is 11.3 Å². The van der Waals surface area contributed by atoms with Gasteiger partial charge in [0.1, 0.15) is 5.82 Å². The summed E-state index contributed by atoms with van der Waals surface area (Å²) < 4.78 is 0. The average Bonchev–Trinajstić information content (AvgIpc) is 3.53. The molecule has 1 aromatic carbocycles. The molecule has 0 radical (unpaired) electrons. The van der Waals surface area contributed by atoms with Gasteiger partial charge < -0.3 is 14.8 Å². The summed E-state index contributed by atoms with van der Waals surface area (Å²) in [6.45, 7) is 4.59. The highest BCUT2D eigenvalue weighted by atomic mass is 32.1. The zero-order chi connectivity index (χ0) is 23.1. The molecule has 9 heteroatoms. The van der Waals surface area contributed by atoms with Gasteiger partial charge in [-0.2, -0.15) is 0 Å². The number of carbonyl (C=O) groups is 2. The SMILES string of the molecule is O=C(c1ccc2nc(C3CCCCC3)[nH]c2c1)N1CC(N2CCN(C(=O)c3nccs3)CC2)C1. The third-order valence-electron chi connectivity index (χ3n) is 7.62. The summed E-state index contributed by atoms with van der Waals surface area (Å²) in [6, 6.07) is 6.22. The van der Waals surface area contributed by atoms with E-state index in [1.165, 1.54) is 43.4 Å². The molecule has 0 spiro atoms. The van der Waals surface area contributed by atoms with E-state index in [9.17, 15) is 9.59 Å². The highest BCUT2D eigenvalue weighted by Gasteiger charge is 2.37. The Kier molecular flexibility index (Phi) is 5.82. The molecule has 3 aliphatic rings. The number of hydrogen-bond donors (Lipinski definition) is 1. The third-order valence-corrected chi connectivity index (χ3v) is 8.38. The van der Waals surface area contributed by atoms with Gasteiger partial charge in [-0.1, -0.05) is 19.3 Å². The molecule has 8 nitrogen and oxygen atoms in total. The van der Waals surface area contributed by atoms with E-state index in [4.69, 9.17) is 4.98 Å². The predicted octanol–water partition coefficient (Wildman–Crippen LogP) is 3.35. The maximum atomic E-state index is 13.1. The molecule has 3 aromatic rings. The van der Waals surface area contributed by atoms with E-state index in [0.717, 1.165) is 48.6 Å². The summed E-state index contributed by atoms with van der Waals surface area (Å²) in [4.78, 5) is 44.3. The number of likely N-dealkylation sites (tertiary alicyclic amines) is 1. The molecular formula is C25H30N6O2S. The lowest BCUT2D eigenvalue weighted by Crippen LogP contribution is -2.64. The van der Waals surface area contributed by atoms with Gasteiger partial charge in [0.25, 0.3) is 11.8 Å². The number of nitrogens with zero attached hydrogens (tertiary/aromatic N) is 5. The van der Waals surface area contributed by atoms with Crippen molar-refractivity contribution in [3.63, 3.8) is 0 Å². The number of carbonyl (C=O) groups excluding carboxylic acids is 2. The van der Waals surface area contributed by atoms with Gasteiger partial charge in [0.2, 0.25) is 0 Å². The Bertz CT molecular complexity index is 1170. The Balaban J connectivity index is 1.03. The van der Waals surface area contributed by atoms with Gasteiger partial charge in [-0.3, -0.25) is 14.5 Å². The van der Waals surface area contributed by atoms with Gasteiger partial charge in [0.05, 0.1) is 11.0 Å². The lowest BCUT2D eigenvalue weighted by molar-refractivity contribution is 0.00854. The largest absolute Gasteiger partial charge is 0.342 e. The number of hydrogen-bond acceptors (Lipinski definition) is 6. The minimum absolute atomic E-state index is 0.0286. The van der Waals surface area contributed by atoms with Crippen molar-refractivity contribution >= 4 is 34.2 Å². The monoisotopic (exact) mass is 478 g/mol. The van der Waals surface area contributed by atoms with Crippen molar-refractivity contribution in [1.29, 1.82) is 0 Å². The van der Waals surface area contributed by atoms with Crippen molar-refractivity contribution in [2.45, 2.75) is 44.1 Å². The second-order valence-electron chi connectivity index (χ2n) is 9.72. The summed E-state index contributed by atoms with van der Waals surface area (Å²) >= 11 is 1.39. The van der Waals surface area contributed by atoms with Crippen LogP contribution in [-0.2, 0) is 0 Å². The van der Waals surface area contributed by atoms with Crippen molar-refractivity contribution < 1.29 is 9.59 Å². The highest BCUT2D eigenvalue weighted by molar-refractivity contribution is 7.11. The fraction of sp³-hybridized carbons (Fsp3) is 0.520. The van der Waals surface area contributed by atoms with E-state index >= 15 is 0 Å². The molecule has 0 atom stereocenters. The number of H-pyrrole nitrogens is 1. The molecule has 2 amide bonds. The molecule has 6 rings (SSSR count). The summed E-state index contributed by atoms with van der Waals surface area (Å²) in [5.41, 5.74) is 2.64. The average molecular weight is 479 g/mol. The number of benzene rings is 1. The molecule has 3 fully saturated rings. The molecule has 1 saturated carbocycles. The normalized spacial score (nSPS) is 20.6. The van der Waals surface area contributed by atoms with Crippen LogP contribution < -0.4 is 0 Å². The maximum absolute atomic E-state index is 13.1. The standard InChI is InChI=1S/C25H30N6O2S/c32-24(18-6-7-20-21(14-18)28-22(27-20)17-4-2-1-3-5-17)31-15-19(16-31)29-9-11-30(12-10-29)25(33)23-26-8-13-34-23/h6-8,13-14,17,19H,1-5,9-12,15-16H2,(H,27,28). The maximum Gasteiger partial charge on any atom is 0.282 e. The van der Waals surface area contributed by atoms with Gasteiger partial charge in [-0.05, 0) is 31.0 Å². The molecule has 2 saturated heterocycles. The molecule has 1 aliphatic carbocycles. The van der Waals surface area contributed by atoms with Crippen molar-refractivity contribution in [2.24, 2.45) is 0 Å². The van der Waals surface area contributed by atoms with Gasteiger partial charge in [-0.25, -0.2) is 9.97 Å². The molecule has 2 aromatic heterocycles. The minimum Gasteiger partial charge on any atom is -0.342 e. The van der Waals surface area contributed by atoms with Gasteiger partial charge in [-0.15, -0.1) is 11.3 Å². The quantitative estimate of drug-likeness (QED) is 0.622. The van der Waals surface area contributed by atoms with Crippen LogP contribution in [-0.4, -0.2) is 86.8 Å². The Labute approximate surface area is 203 Å². The van der Waals surface area contributed by atoms with Gasteiger partial charge in [0.15, 0.2) is 5.01 Å². The van der Waals surface area contributed by atoms with E-state index < -0.39 is 0 Å². The zero-order valence-corrected chi connectivity index (χ0v) is 20.1. The topological polar surface area (TPSA) is 85.4 Å². The number of aromatic amines is 1. The predicted molar refractivity (Wildman–Crippen MR) is 131 cm³/mol. The molecule has 4 heterocycles. The lowest BCUT2D eigenvalue weighted by Gasteiger charge is -2.48. The number of thiazole rings is 1. The second-order valence-corrected chi connectivity index (χ2v) is 10.6. The molecule has 34 heavy (non-hydrogen) atoms. The van der Waals surface area contributed by atoms with Crippen LogP contribution in [0.2, 0.25) is 0 Å². The van der Waals surface area contributed by atoms with Crippen LogP contribution in [0.3, 0.4) is 0 Å². The first kappa shape index (κ1) is 21.7.